The van der Waals surface area contributed by atoms with E-state index in [0.29, 0.717) is 15.9 Å². The van der Waals surface area contributed by atoms with Crippen LogP contribution in [0.3, 0.4) is 0 Å². The first-order valence-electron chi connectivity index (χ1n) is 8.27. The second kappa shape index (κ2) is 6.61. The Bertz CT molecular complexity index is 1310. The van der Waals surface area contributed by atoms with Crippen LogP contribution in [-0.2, 0) is 6.54 Å². The lowest BCUT2D eigenvalue weighted by molar-refractivity contribution is 0.0973. The van der Waals surface area contributed by atoms with Crippen LogP contribution in [0.5, 0.6) is 0 Å². The van der Waals surface area contributed by atoms with Gasteiger partial charge in [-0.05, 0) is 35.7 Å². The highest BCUT2D eigenvalue weighted by atomic mass is 35.5. The topological polar surface area (TPSA) is 69.6 Å². The molecule has 1 heterocycles. The Labute approximate surface area is 160 Å². The smallest absolute Gasteiger partial charge is 0.182 e. The summed E-state index contributed by atoms with van der Waals surface area (Å²) in [6.45, 7) is 0.0254. The molecular weight excluding hydrogens is 358 g/mol. The highest BCUT2D eigenvalue weighted by Crippen LogP contribution is 2.26. The fourth-order valence-electron chi connectivity index (χ4n) is 3.44. The molecule has 0 saturated carbocycles. The highest BCUT2D eigenvalue weighted by molar-refractivity contribution is 6.30. The molecule has 3 aromatic carbocycles. The number of nitriles is 2. The Hall–Kier alpha value is -3.60. The van der Waals surface area contributed by atoms with Gasteiger partial charge in [0.05, 0.1) is 17.4 Å². The summed E-state index contributed by atoms with van der Waals surface area (Å²) in [5.74, 6) is -0.121. The lowest BCUT2D eigenvalue weighted by Crippen LogP contribution is -2.23. The lowest BCUT2D eigenvalue weighted by Gasteiger charge is -2.07. The van der Waals surface area contributed by atoms with Crippen molar-refractivity contribution < 1.29 is 4.79 Å². The molecule has 27 heavy (non-hydrogen) atoms. The minimum Gasteiger partial charge on any atom is -0.331 e. The maximum Gasteiger partial charge on any atom is 0.182 e. The fourth-order valence-corrected chi connectivity index (χ4v) is 3.57. The van der Waals surface area contributed by atoms with Crippen molar-refractivity contribution in [1.82, 2.24) is 4.57 Å². The highest BCUT2D eigenvalue weighted by Gasteiger charge is 2.17. The van der Waals surface area contributed by atoms with E-state index in [1.165, 1.54) is 0 Å². The first kappa shape index (κ1) is 16.8. The predicted molar refractivity (Wildman–Crippen MR) is 105 cm³/mol. The number of aromatic nitrogens is 1. The van der Waals surface area contributed by atoms with Crippen molar-refractivity contribution >= 4 is 44.6 Å². The molecule has 4 nitrogen and oxygen atoms in total. The second-order valence-electron chi connectivity index (χ2n) is 6.14. The van der Waals surface area contributed by atoms with Gasteiger partial charge in [0, 0.05) is 21.4 Å². The molecule has 0 aliphatic carbocycles. The Morgan fingerprint density at radius 3 is 2.30 bits per heavy atom. The molecule has 0 radical (unpaired) electrons. The van der Waals surface area contributed by atoms with Crippen molar-refractivity contribution in [3.8, 4) is 12.1 Å². The van der Waals surface area contributed by atoms with Gasteiger partial charge in [-0.1, -0.05) is 41.9 Å². The zero-order valence-electron chi connectivity index (χ0n) is 14.1. The molecule has 1 aromatic heterocycles. The van der Waals surface area contributed by atoms with Gasteiger partial charge in [0.15, 0.2) is 11.4 Å². The van der Waals surface area contributed by atoms with E-state index in [4.69, 9.17) is 11.6 Å². The SMILES string of the molecule is N#CC(C#N)=c1c2cccc3cccc(c32)n1CC(=O)c1ccc(Cl)cc1. The maximum absolute atomic E-state index is 12.9. The molecular formula is C22H12ClN3O. The third-order valence-electron chi connectivity index (χ3n) is 4.63. The Balaban J connectivity index is 2.02. The standard InChI is InChI=1S/C22H12ClN3O/c23-17-9-7-14(8-10-17)20(27)13-26-19-6-2-4-15-3-1-5-18(21(15)19)22(26)16(11-24)12-25/h1-10H,13H2. The van der Waals surface area contributed by atoms with E-state index in [2.05, 4.69) is 0 Å². The van der Waals surface area contributed by atoms with Crippen molar-refractivity contribution in [1.29, 1.82) is 10.5 Å². The number of hydrogen-bond acceptors (Lipinski definition) is 3. The van der Waals surface area contributed by atoms with E-state index in [1.807, 2.05) is 48.5 Å². The van der Waals surface area contributed by atoms with E-state index in [-0.39, 0.29) is 17.9 Å². The first-order valence-corrected chi connectivity index (χ1v) is 8.64. The average molecular weight is 370 g/mol. The molecule has 4 rings (SSSR count). The molecule has 0 aliphatic heterocycles. The molecule has 0 atom stereocenters. The number of carbonyl (C=O) groups is 1. The van der Waals surface area contributed by atoms with Gasteiger partial charge in [0.25, 0.3) is 0 Å². The van der Waals surface area contributed by atoms with Crippen LogP contribution in [0.4, 0.5) is 0 Å². The van der Waals surface area contributed by atoms with Gasteiger partial charge in [0.2, 0.25) is 0 Å². The zero-order chi connectivity index (χ0) is 19.0. The van der Waals surface area contributed by atoms with Crippen molar-refractivity contribution in [2.45, 2.75) is 6.54 Å². The summed E-state index contributed by atoms with van der Waals surface area (Å²) in [6, 6.07) is 22.1. The van der Waals surface area contributed by atoms with Gasteiger partial charge < -0.3 is 4.57 Å². The Kier molecular flexibility index (Phi) is 4.12. The van der Waals surface area contributed by atoms with Gasteiger partial charge in [-0.2, -0.15) is 10.5 Å². The van der Waals surface area contributed by atoms with Gasteiger partial charge >= 0.3 is 0 Å². The third kappa shape index (κ3) is 2.73. The van der Waals surface area contributed by atoms with Gasteiger partial charge in [-0.15, -0.1) is 0 Å². The van der Waals surface area contributed by atoms with Crippen LogP contribution >= 0.6 is 11.6 Å². The van der Waals surface area contributed by atoms with Crippen LogP contribution < -0.4 is 5.35 Å². The van der Waals surface area contributed by atoms with Gasteiger partial charge in [0.1, 0.15) is 12.1 Å². The van der Waals surface area contributed by atoms with Gasteiger partial charge in [-0.3, -0.25) is 4.79 Å². The normalized spacial score (nSPS) is 10.6. The number of halogens is 1. The minimum atomic E-state index is -0.121. The number of hydrogen-bond donors (Lipinski definition) is 0. The molecule has 0 spiro atoms. The summed E-state index contributed by atoms with van der Waals surface area (Å²) in [5.41, 5.74) is 1.34. The predicted octanol–water partition coefficient (Wildman–Crippen LogP) is 4.25. The molecule has 0 aliphatic rings. The molecule has 5 heteroatoms. The summed E-state index contributed by atoms with van der Waals surface area (Å²) in [5, 5.41) is 22.7. The van der Waals surface area contributed by atoms with Crippen LogP contribution in [0.15, 0.2) is 60.7 Å². The Morgan fingerprint density at radius 2 is 1.63 bits per heavy atom. The third-order valence-corrected chi connectivity index (χ3v) is 4.88. The zero-order valence-corrected chi connectivity index (χ0v) is 14.9. The molecule has 0 amide bonds. The van der Waals surface area contributed by atoms with Crippen LogP contribution in [0.2, 0.25) is 5.02 Å². The summed E-state index contributed by atoms with van der Waals surface area (Å²) in [4.78, 5) is 12.9. The number of rotatable bonds is 3. The van der Waals surface area contributed by atoms with Crippen LogP contribution in [0.1, 0.15) is 10.4 Å². The van der Waals surface area contributed by atoms with Crippen molar-refractivity contribution in [2.24, 2.45) is 0 Å². The maximum atomic E-state index is 12.9. The number of benzene rings is 3. The molecule has 0 saturated heterocycles. The van der Waals surface area contributed by atoms with Crippen LogP contribution in [0.25, 0.3) is 27.2 Å². The molecule has 0 unspecified atom stereocenters. The second-order valence-corrected chi connectivity index (χ2v) is 6.58. The van der Waals surface area contributed by atoms with Crippen molar-refractivity contribution in [3.05, 3.63) is 76.6 Å². The number of Topliss-reactive ketones (excluding diaryl/α,β-unsaturated/α-hetero) is 1. The van der Waals surface area contributed by atoms with E-state index in [9.17, 15) is 15.3 Å². The average Bonchev–Trinajstić information content (AvgIpc) is 2.99. The molecule has 0 N–H and O–H groups in total. The van der Waals surface area contributed by atoms with Crippen LogP contribution in [-0.4, -0.2) is 10.4 Å². The summed E-state index contributed by atoms with van der Waals surface area (Å²) >= 11 is 5.90. The van der Waals surface area contributed by atoms with Crippen molar-refractivity contribution in [2.75, 3.05) is 0 Å². The summed E-state index contributed by atoms with van der Waals surface area (Å²) < 4.78 is 1.76. The monoisotopic (exact) mass is 369 g/mol. The van der Waals surface area contributed by atoms with Crippen molar-refractivity contribution in [3.63, 3.8) is 0 Å². The van der Waals surface area contributed by atoms with E-state index in [1.54, 1.807) is 28.8 Å². The number of ketones is 1. The lowest BCUT2D eigenvalue weighted by atomic mass is 10.1. The quantitative estimate of drug-likeness (QED) is 0.507. The molecule has 4 aromatic rings. The summed E-state index contributed by atoms with van der Waals surface area (Å²) in [7, 11) is 0. The molecule has 0 fully saturated rings. The van der Waals surface area contributed by atoms with E-state index in [0.717, 1.165) is 21.7 Å². The molecule has 0 bridgehead atoms. The molecule has 128 valence electrons. The fraction of sp³-hybridized carbons (Fsp3) is 0.0455. The summed E-state index contributed by atoms with van der Waals surface area (Å²) in [6.07, 6.45) is 0. The van der Waals surface area contributed by atoms with Gasteiger partial charge in [-0.25, -0.2) is 0 Å². The Morgan fingerprint density at radius 1 is 0.963 bits per heavy atom. The van der Waals surface area contributed by atoms with Crippen LogP contribution in [0, 0.1) is 22.7 Å². The largest absolute Gasteiger partial charge is 0.331 e. The minimum absolute atomic E-state index is 0.0115. The number of nitrogens with zero attached hydrogens (tertiary/aromatic N) is 3. The first-order chi connectivity index (χ1) is 13.1. The van der Waals surface area contributed by atoms with E-state index < -0.39 is 0 Å². The van der Waals surface area contributed by atoms with E-state index >= 15 is 0 Å². The number of carbonyl (C=O) groups excluding carboxylic acids is 1.